The van der Waals surface area contributed by atoms with Crippen LogP contribution < -0.4 is 5.73 Å². The molecule has 2 N–H and O–H groups in total. The fourth-order valence-corrected chi connectivity index (χ4v) is 3.37. The van der Waals surface area contributed by atoms with Crippen molar-refractivity contribution < 1.29 is 4.79 Å². The van der Waals surface area contributed by atoms with Gasteiger partial charge in [0.25, 0.3) is 0 Å². The lowest BCUT2D eigenvalue weighted by molar-refractivity contribution is -0.133. The van der Waals surface area contributed by atoms with Gasteiger partial charge in [-0.2, -0.15) is 0 Å². The first-order valence-electron chi connectivity index (χ1n) is 7.62. The van der Waals surface area contributed by atoms with Gasteiger partial charge in [0.1, 0.15) is 0 Å². The van der Waals surface area contributed by atoms with E-state index in [-0.39, 0.29) is 5.91 Å². The second-order valence-electron chi connectivity index (χ2n) is 6.27. The Balaban J connectivity index is 1.92. The first kappa shape index (κ1) is 15.5. The van der Waals surface area contributed by atoms with Crippen molar-refractivity contribution in [3.05, 3.63) is 22.4 Å². The van der Waals surface area contributed by atoms with Gasteiger partial charge in [0, 0.05) is 17.3 Å². The molecule has 1 heterocycles. The highest BCUT2D eigenvalue weighted by atomic mass is 32.1. The highest BCUT2D eigenvalue weighted by Gasteiger charge is 2.33. The SMILES string of the molecule is CC(C)CC(CN)CC(=O)N(Cc1cccs1)C1CC1. The van der Waals surface area contributed by atoms with E-state index in [9.17, 15) is 4.79 Å². The van der Waals surface area contributed by atoms with Crippen molar-refractivity contribution in [2.45, 2.75) is 52.1 Å². The minimum absolute atomic E-state index is 0.289. The molecule has 1 aliphatic carbocycles. The number of rotatable bonds is 8. The zero-order chi connectivity index (χ0) is 14.5. The number of hydrogen-bond donors (Lipinski definition) is 1. The van der Waals surface area contributed by atoms with Gasteiger partial charge in [-0.05, 0) is 49.1 Å². The molecule has 1 aromatic heterocycles. The summed E-state index contributed by atoms with van der Waals surface area (Å²) in [5.74, 6) is 1.21. The summed E-state index contributed by atoms with van der Waals surface area (Å²) in [5, 5.41) is 2.08. The van der Waals surface area contributed by atoms with Crippen molar-refractivity contribution >= 4 is 17.2 Å². The monoisotopic (exact) mass is 294 g/mol. The Kier molecular flexibility index (Phi) is 5.61. The van der Waals surface area contributed by atoms with Crippen molar-refractivity contribution in [3.63, 3.8) is 0 Å². The average Bonchev–Trinajstić information content (AvgIpc) is 3.11. The smallest absolute Gasteiger partial charge is 0.223 e. The lowest BCUT2D eigenvalue weighted by atomic mass is 9.93. The van der Waals surface area contributed by atoms with Gasteiger partial charge in [-0.25, -0.2) is 0 Å². The highest BCUT2D eigenvalue weighted by Crippen LogP contribution is 2.30. The van der Waals surface area contributed by atoms with Crippen LogP contribution in [0.1, 0.15) is 44.4 Å². The third-order valence-electron chi connectivity index (χ3n) is 3.82. The van der Waals surface area contributed by atoms with Crippen LogP contribution in [0.25, 0.3) is 0 Å². The van der Waals surface area contributed by atoms with E-state index >= 15 is 0 Å². The molecule has 1 unspecified atom stereocenters. The number of nitrogens with two attached hydrogens (primary N) is 1. The second-order valence-corrected chi connectivity index (χ2v) is 7.30. The van der Waals surface area contributed by atoms with Crippen molar-refractivity contribution in [2.75, 3.05) is 6.54 Å². The minimum Gasteiger partial charge on any atom is -0.335 e. The maximum atomic E-state index is 12.6. The quantitative estimate of drug-likeness (QED) is 0.800. The number of carbonyl (C=O) groups excluding carboxylic acids is 1. The van der Waals surface area contributed by atoms with Crippen LogP contribution in [0.4, 0.5) is 0 Å². The zero-order valence-corrected chi connectivity index (χ0v) is 13.4. The fraction of sp³-hybridized carbons (Fsp3) is 0.688. The van der Waals surface area contributed by atoms with E-state index in [4.69, 9.17) is 5.73 Å². The first-order valence-corrected chi connectivity index (χ1v) is 8.50. The molecular weight excluding hydrogens is 268 g/mol. The van der Waals surface area contributed by atoms with Gasteiger partial charge in [-0.15, -0.1) is 11.3 Å². The summed E-state index contributed by atoms with van der Waals surface area (Å²) in [5.41, 5.74) is 5.83. The molecule has 0 spiro atoms. The number of nitrogens with zero attached hydrogens (tertiary/aromatic N) is 1. The Morgan fingerprint density at radius 1 is 1.50 bits per heavy atom. The van der Waals surface area contributed by atoms with Crippen LogP contribution in [0.3, 0.4) is 0 Å². The Hall–Kier alpha value is -0.870. The predicted molar refractivity (Wildman–Crippen MR) is 84.5 cm³/mol. The first-order chi connectivity index (χ1) is 9.60. The molecule has 1 fully saturated rings. The van der Waals surface area contributed by atoms with Gasteiger partial charge in [-0.1, -0.05) is 19.9 Å². The van der Waals surface area contributed by atoms with E-state index in [1.165, 1.54) is 4.88 Å². The third kappa shape index (κ3) is 4.60. The maximum Gasteiger partial charge on any atom is 0.223 e. The molecule has 1 atom stereocenters. The molecule has 1 aromatic rings. The minimum atomic E-state index is 0.289. The third-order valence-corrected chi connectivity index (χ3v) is 4.68. The largest absolute Gasteiger partial charge is 0.335 e. The molecule has 0 aliphatic heterocycles. The summed E-state index contributed by atoms with van der Waals surface area (Å²) in [4.78, 5) is 15.9. The fourth-order valence-electron chi connectivity index (χ4n) is 2.67. The van der Waals surface area contributed by atoms with Crippen molar-refractivity contribution in [1.29, 1.82) is 0 Å². The van der Waals surface area contributed by atoms with Crippen molar-refractivity contribution in [1.82, 2.24) is 4.90 Å². The predicted octanol–water partition coefficient (Wildman–Crippen LogP) is 3.25. The van der Waals surface area contributed by atoms with E-state index in [0.717, 1.165) is 25.8 Å². The summed E-state index contributed by atoms with van der Waals surface area (Å²) < 4.78 is 0. The molecule has 112 valence electrons. The second kappa shape index (κ2) is 7.23. The highest BCUT2D eigenvalue weighted by molar-refractivity contribution is 7.09. The van der Waals surface area contributed by atoms with Crippen molar-refractivity contribution in [2.24, 2.45) is 17.6 Å². The van der Waals surface area contributed by atoms with Gasteiger partial charge in [0.15, 0.2) is 0 Å². The Labute approximate surface area is 126 Å². The Morgan fingerprint density at radius 2 is 2.25 bits per heavy atom. The summed E-state index contributed by atoms with van der Waals surface area (Å²) >= 11 is 1.73. The summed E-state index contributed by atoms with van der Waals surface area (Å²) in [6.45, 7) is 5.77. The van der Waals surface area contributed by atoms with Gasteiger partial charge in [0.2, 0.25) is 5.91 Å². The van der Waals surface area contributed by atoms with Gasteiger partial charge in [0.05, 0.1) is 6.54 Å². The van der Waals surface area contributed by atoms with Crippen molar-refractivity contribution in [3.8, 4) is 0 Å². The molecule has 1 saturated carbocycles. The maximum absolute atomic E-state index is 12.6. The lowest BCUT2D eigenvalue weighted by Gasteiger charge is -2.25. The molecule has 20 heavy (non-hydrogen) atoms. The Bertz CT molecular complexity index is 412. The molecule has 0 aromatic carbocycles. The molecule has 3 nitrogen and oxygen atoms in total. The van der Waals surface area contributed by atoms with Gasteiger partial charge >= 0.3 is 0 Å². The standard InChI is InChI=1S/C16H26N2OS/c1-12(2)8-13(10-17)9-16(19)18(14-5-6-14)11-15-4-3-7-20-15/h3-4,7,12-14H,5-6,8-11,17H2,1-2H3. The van der Waals surface area contributed by atoms with Crippen LogP contribution in [0.2, 0.25) is 0 Å². The molecule has 1 aliphatic rings. The zero-order valence-electron chi connectivity index (χ0n) is 12.5. The molecule has 0 radical (unpaired) electrons. The number of amides is 1. The van der Waals surface area contributed by atoms with E-state index in [2.05, 4.69) is 36.3 Å². The molecule has 0 saturated heterocycles. The normalized spacial score (nSPS) is 16.4. The topological polar surface area (TPSA) is 46.3 Å². The van der Waals surface area contributed by atoms with Crippen LogP contribution in [0, 0.1) is 11.8 Å². The molecule has 2 rings (SSSR count). The summed E-state index contributed by atoms with van der Waals surface area (Å²) in [7, 11) is 0. The van der Waals surface area contributed by atoms with Crippen LogP contribution in [0.15, 0.2) is 17.5 Å². The molecule has 1 amide bonds. The van der Waals surface area contributed by atoms with Crippen LogP contribution in [0.5, 0.6) is 0 Å². The van der Waals surface area contributed by atoms with E-state index in [1.807, 2.05) is 0 Å². The van der Waals surface area contributed by atoms with E-state index in [0.29, 0.717) is 30.8 Å². The Morgan fingerprint density at radius 3 is 2.75 bits per heavy atom. The molecule has 4 heteroatoms. The van der Waals surface area contributed by atoms with Gasteiger partial charge < -0.3 is 10.6 Å². The van der Waals surface area contributed by atoms with E-state index in [1.54, 1.807) is 11.3 Å². The number of carbonyl (C=O) groups is 1. The average molecular weight is 294 g/mol. The summed E-state index contributed by atoms with van der Waals surface area (Å²) in [6, 6.07) is 4.64. The number of thiophene rings is 1. The molecular formula is C16H26N2OS. The van der Waals surface area contributed by atoms with E-state index < -0.39 is 0 Å². The lowest BCUT2D eigenvalue weighted by Crippen LogP contribution is -2.35. The number of hydrogen-bond acceptors (Lipinski definition) is 3. The van der Waals surface area contributed by atoms with Gasteiger partial charge in [-0.3, -0.25) is 4.79 Å². The van der Waals surface area contributed by atoms with Crippen LogP contribution in [-0.2, 0) is 11.3 Å². The van der Waals surface area contributed by atoms with Crippen LogP contribution in [-0.4, -0.2) is 23.4 Å². The molecule has 0 bridgehead atoms. The van der Waals surface area contributed by atoms with Crippen LogP contribution >= 0.6 is 11.3 Å². The summed E-state index contributed by atoms with van der Waals surface area (Å²) in [6.07, 6.45) is 3.97.